The van der Waals surface area contributed by atoms with Crippen molar-refractivity contribution in [2.45, 2.75) is 27.2 Å². The molecule has 0 amide bonds. The first-order valence-corrected chi connectivity index (χ1v) is 5.13. The molecule has 0 saturated carbocycles. The minimum atomic E-state index is 1.11. The van der Waals surface area contributed by atoms with Gasteiger partial charge in [-0.1, -0.05) is 35.9 Å². The number of hydrogen-bond donors (Lipinski definition) is 0. The van der Waals surface area contributed by atoms with Crippen LogP contribution in [0.25, 0.3) is 5.57 Å². The van der Waals surface area contributed by atoms with E-state index < -0.39 is 0 Å². The molecule has 0 aromatic heterocycles. The first-order valence-electron chi connectivity index (χ1n) is 5.13. The molecule has 2 rings (SSSR count). The maximum absolute atomic E-state index is 2.25. The van der Waals surface area contributed by atoms with Crippen molar-refractivity contribution in [3.63, 3.8) is 0 Å². The van der Waals surface area contributed by atoms with E-state index in [1.165, 1.54) is 27.8 Å². The van der Waals surface area contributed by atoms with Gasteiger partial charge in [0.05, 0.1) is 0 Å². The SMILES string of the molecule is CC1=C(c2c(C)cccc2C)C=CC1. The summed E-state index contributed by atoms with van der Waals surface area (Å²) in [4.78, 5) is 0. The third-order valence-corrected chi connectivity index (χ3v) is 2.92. The van der Waals surface area contributed by atoms with Gasteiger partial charge in [-0.05, 0) is 49.5 Å². The molecule has 0 N–H and O–H groups in total. The van der Waals surface area contributed by atoms with Crippen molar-refractivity contribution in [3.05, 3.63) is 52.6 Å². The average molecular weight is 184 g/mol. The summed E-state index contributed by atoms with van der Waals surface area (Å²) in [6.07, 6.45) is 5.62. The smallest absolute Gasteiger partial charge is 0.0126 e. The molecular weight excluding hydrogens is 168 g/mol. The molecular formula is C14H16. The quantitative estimate of drug-likeness (QED) is 0.618. The van der Waals surface area contributed by atoms with Crippen LogP contribution in [-0.4, -0.2) is 0 Å². The Morgan fingerprint density at radius 1 is 1.00 bits per heavy atom. The molecule has 0 fully saturated rings. The second-order valence-corrected chi connectivity index (χ2v) is 4.07. The molecule has 0 saturated heterocycles. The highest BCUT2D eigenvalue weighted by Crippen LogP contribution is 2.31. The highest BCUT2D eigenvalue weighted by atomic mass is 14.2. The highest BCUT2D eigenvalue weighted by molar-refractivity contribution is 5.82. The number of rotatable bonds is 1. The van der Waals surface area contributed by atoms with Crippen molar-refractivity contribution in [2.24, 2.45) is 0 Å². The summed E-state index contributed by atoms with van der Waals surface area (Å²) < 4.78 is 0. The normalized spacial score (nSPS) is 15.4. The lowest BCUT2D eigenvalue weighted by atomic mass is 9.94. The summed E-state index contributed by atoms with van der Waals surface area (Å²) in [5, 5.41) is 0. The topological polar surface area (TPSA) is 0 Å². The van der Waals surface area contributed by atoms with Gasteiger partial charge in [-0.2, -0.15) is 0 Å². The van der Waals surface area contributed by atoms with E-state index >= 15 is 0 Å². The fourth-order valence-electron chi connectivity index (χ4n) is 2.14. The van der Waals surface area contributed by atoms with Crippen LogP contribution >= 0.6 is 0 Å². The summed E-state index contributed by atoms with van der Waals surface area (Å²) in [5.74, 6) is 0. The van der Waals surface area contributed by atoms with Gasteiger partial charge >= 0.3 is 0 Å². The fourth-order valence-corrected chi connectivity index (χ4v) is 2.14. The molecule has 0 spiro atoms. The molecule has 0 radical (unpaired) electrons. The molecule has 0 heterocycles. The summed E-state index contributed by atoms with van der Waals surface area (Å²) in [7, 11) is 0. The van der Waals surface area contributed by atoms with Crippen LogP contribution in [0.3, 0.4) is 0 Å². The van der Waals surface area contributed by atoms with E-state index in [-0.39, 0.29) is 0 Å². The van der Waals surface area contributed by atoms with Gasteiger partial charge in [-0.15, -0.1) is 0 Å². The molecule has 14 heavy (non-hydrogen) atoms. The van der Waals surface area contributed by atoms with Crippen LogP contribution in [0.15, 0.2) is 35.9 Å². The maximum atomic E-state index is 2.25. The monoisotopic (exact) mass is 184 g/mol. The zero-order chi connectivity index (χ0) is 10.1. The Bertz CT molecular complexity index is 399. The molecule has 0 unspecified atom stereocenters. The summed E-state index contributed by atoms with van der Waals surface area (Å²) >= 11 is 0. The predicted molar refractivity (Wildman–Crippen MR) is 62.3 cm³/mol. The van der Waals surface area contributed by atoms with E-state index in [1.54, 1.807) is 0 Å². The van der Waals surface area contributed by atoms with E-state index in [0.29, 0.717) is 0 Å². The van der Waals surface area contributed by atoms with Crippen molar-refractivity contribution in [1.82, 2.24) is 0 Å². The second-order valence-electron chi connectivity index (χ2n) is 4.07. The second kappa shape index (κ2) is 3.45. The third-order valence-electron chi connectivity index (χ3n) is 2.92. The van der Waals surface area contributed by atoms with Gasteiger partial charge in [-0.25, -0.2) is 0 Å². The molecule has 0 heteroatoms. The minimum absolute atomic E-state index is 1.11. The van der Waals surface area contributed by atoms with Crippen molar-refractivity contribution in [1.29, 1.82) is 0 Å². The number of benzene rings is 1. The zero-order valence-corrected chi connectivity index (χ0v) is 9.09. The van der Waals surface area contributed by atoms with Crippen molar-refractivity contribution < 1.29 is 0 Å². The molecule has 0 nitrogen and oxygen atoms in total. The Labute approximate surface area is 86.0 Å². The molecule has 0 aliphatic heterocycles. The maximum Gasteiger partial charge on any atom is -0.0126 e. The minimum Gasteiger partial charge on any atom is -0.0798 e. The van der Waals surface area contributed by atoms with Gasteiger partial charge < -0.3 is 0 Å². The lowest BCUT2D eigenvalue weighted by molar-refractivity contribution is 1.24. The van der Waals surface area contributed by atoms with Gasteiger partial charge in [0.15, 0.2) is 0 Å². The standard InChI is InChI=1S/C14H16/c1-10-6-5-9-13(10)14-11(2)7-4-8-12(14)3/h4-5,7-9H,6H2,1-3H3. The van der Waals surface area contributed by atoms with E-state index in [9.17, 15) is 0 Å². The Hall–Kier alpha value is -1.30. The molecule has 1 aromatic carbocycles. The van der Waals surface area contributed by atoms with Crippen LogP contribution in [0.4, 0.5) is 0 Å². The van der Waals surface area contributed by atoms with Crippen LogP contribution < -0.4 is 0 Å². The zero-order valence-electron chi connectivity index (χ0n) is 9.09. The molecule has 0 bridgehead atoms. The van der Waals surface area contributed by atoms with E-state index in [2.05, 4.69) is 51.1 Å². The van der Waals surface area contributed by atoms with Gasteiger partial charge in [0, 0.05) is 0 Å². The number of hydrogen-bond acceptors (Lipinski definition) is 0. The largest absolute Gasteiger partial charge is 0.0798 e. The van der Waals surface area contributed by atoms with Crippen LogP contribution in [0.2, 0.25) is 0 Å². The van der Waals surface area contributed by atoms with Crippen LogP contribution in [-0.2, 0) is 0 Å². The van der Waals surface area contributed by atoms with Gasteiger partial charge in [0.25, 0.3) is 0 Å². The first-order chi connectivity index (χ1) is 6.70. The van der Waals surface area contributed by atoms with E-state index in [1.807, 2.05) is 0 Å². The van der Waals surface area contributed by atoms with Gasteiger partial charge in [-0.3, -0.25) is 0 Å². The number of aryl methyl sites for hydroxylation is 2. The van der Waals surface area contributed by atoms with Crippen LogP contribution in [0.1, 0.15) is 30.0 Å². The summed E-state index contributed by atoms with van der Waals surface area (Å²) in [6.45, 7) is 6.60. The van der Waals surface area contributed by atoms with Crippen molar-refractivity contribution in [3.8, 4) is 0 Å². The molecule has 1 aromatic rings. The molecule has 0 atom stereocenters. The van der Waals surface area contributed by atoms with Gasteiger partial charge in [0.1, 0.15) is 0 Å². The predicted octanol–water partition coefficient (Wildman–Crippen LogP) is 4.04. The third kappa shape index (κ3) is 1.41. The first kappa shape index (κ1) is 9.26. The molecule has 1 aliphatic rings. The lowest BCUT2D eigenvalue weighted by Crippen LogP contribution is -1.91. The Morgan fingerprint density at radius 3 is 2.14 bits per heavy atom. The number of allylic oxidation sites excluding steroid dienone is 4. The summed E-state index contributed by atoms with van der Waals surface area (Å²) in [5.41, 5.74) is 7.11. The van der Waals surface area contributed by atoms with Crippen LogP contribution in [0.5, 0.6) is 0 Å². The Morgan fingerprint density at radius 2 is 1.64 bits per heavy atom. The molecule has 1 aliphatic carbocycles. The Balaban J connectivity index is 2.62. The Kier molecular flexibility index (Phi) is 2.28. The van der Waals surface area contributed by atoms with E-state index in [4.69, 9.17) is 0 Å². The summed E-state index contributed by atoms with van der Waals surface area (Å²) in [6, 6.07) is 6.51. The van der Waals surface area contributed by atoms with Crippen molar-refractivity contribution in [2.75, 3.05) is 0 Å². The highest BCUT2D eigenvalue weighted by Gasteiger charge is 2.11. The van der Waals surface area contributed by atoms with Gasteiger partial charge in [0.2, 0.25) is 0 Å². The van der Waals surface area contributed by atoms with Crippen molar-refractivity contribution >= 4 is 5.57 Å². The molecule has 72 valence electrons. The van der Waals surface area contributed by atoms with Crippen LogP contribution in [0, 0.1) is 13.8 Å². The fraction of sp³-hybridized carbons (Fsp3) is 0.286. The lowest BCUT2D eigenvalue weighted by Gasteiger charge is -2.10. The average Bonchev–Trinajstić information content (AvgIpc) is 2.52. The van der Waals surface area contributed by atoms with E-state index in [0.717, 1.165) is 6.42 Å².